The Morgan fingerprint density at radius 3 is 2.43 bits per heavy atom. The molecule has 1 aliphatic rings. The lowest BCUT2D eigenvalue weighted by Gasteiger charge is -2.31. The number of rotatable bonds is 3. The standard InChI is InChI=1S/C21H24N4O3/c1-14-13-18(15(2)28-14)20(26)24-11-9-16(10-12-24)19-22-23(3)21(27)25(19)17-7-5-4-6-8-17/h4-8,13,16H,9-12H2,1-3H3. The van der Waals surface area contributed by atoms with E-state index in [9.17, 15) is 9.59 Å². The first-order chi connectivity index (χ1) is 13.5. The van der Waals surface area contributed by atoms with Crippen LogP contribution in [0, 0.1) is 13.8 Å². The molecule has 0 bridgehead atoms. The first kappa shape index (κ1) is 18.3. The van der Waals surface area contributed by atoms with Crippen LogP contribution in [0.1, 0.15) is 46.5 Å². The molecule has 3 heterocycles. The van der Waals surface area contributed by atoms with Crippen molar-refractivity contribution in [2.24, 2.45) is 7.05 Å². The fourth-order valence-corrected chi connectivity index (χ4v) is 3.92. The van der Waals surface area contributed by atoms with E-state index in [-0.39, 0.29) is 17.5 Å². The Morgan fingerprint density at radius 1 is 1.14 bits per heavy atom. The lowest BCUT2D eigenvalue weighted by atomic mass is 9.95. The largest absolute Gasteiger partial charge is 0.466 e. The Morgan fingerprint density at radius 2 is 1.82 bits per heavy atom. The van der Waals surface area contributed by atoms with Gasteiger partial charge in [-0.1, -0.05) is 18.2 Å². The summed E-state index contributed by atoms with van der Waals surface area (Å²) in [4.78, 5) is 27.3. The molecule has 0 saturated carbocycles. The zero-order valence-electron chi connectivity index (χ0n) is 16.4. The third-order valence-corrected chi connectivity index (χ3v) is 5.38. The Kier molecular flexibility index (Phi) is 4.66. The van der Waals surface area contributed by atoms with Crippen LogP contribution < -0.4 is 5.69 Å². The normalized spacial score (nSPS) is 15.2. The molecule has 0 spiro atoms. The second kappa shape index (κ2) is 7.14. The number of aryl methyl sites for hydroxylation is 3. The molecule has 4 rings (SSSR count). The summed E-state index contributed by atoms with van der Waals surface area (Å²) >= 11 is 0. The molecular formula is C21H24N4O3. The third-order valence-electron chi connectivity index (χ3n) is 5.38. The van der Waals surface area contributed by atoms with Crippen LogP contribution in [0.15, 0.2) is 45.6 Å². The van der Waals surface area contributed by atoms with Crippen molar-refractivity contribution in [1.29, 1.82) is 0 Å². The van der Waals surface area contributed by atoms with Gasteiger partial charge in [-0.3, -0.25) is 4.79 Å². The second-order valence-electron chi connectivity index (χ2n) is 7.33. The highest BCUT2D eigenvalue weighted by atomic mass is 16.3. The monoisotopic (exact) mass is 380 g/mol. The van der Waals surface area contributed by atoms with E-state index >= 15 is 0 Å². The van der Waals surface area contributed by atoms with Gasteiger partial charge in [0.25, 0.3) is 5.91 Å². The van der Waals surface area contributed by atoms with Crippen molar-refractivity contribution in [1.82, 2.24) is 19.2 Å². The minimum atomic E-state index is -0.149. The molecule has 0 N–H and O–H groups in total. The highest BCUT2D eigenvalue weighted by Gasteiger charge is 2.30. The van der Waals surface area contributed by atoms with Gasteiger partial charge in [-0.25, -0.2) is 14.0 Å². The molecule has 7 nitrogen and oxygen atoms in total. The summed E-state index contributed by atoms with van der Waals surface area (Å²) < 4.78 is 8.57. The van der Waals surface area contributed by atoms with Gasteiger partial charge in [-0.15, -0.1) is 0 Å². The summed E-state index contributed by atoms with van der Waals surface area (Å²) in [5, 5.41) is 4.50. The highest BCUT2D eigenvalue weighted by Crippen LogP contribution is 2.29. The van der Waals surface area contributed by atoms with Crippen LogP contribution in [-0.2, 0) is 7.05 Å². The van der Waals surface area contributed by atoms with Crippen LogP contribution in [0.5, 0.6) is 0 Å². The van der Waals surface area contributed by atoms with Gasteiger partial charge in [-0.2, -0.15) is 5.10 Å². The van der Waals surface area contributed by atoms with Gasteiger partial charge in [0.2, 0.25) is 0 Å². The molecular weight excluding hydrogens is 356 g/mol. The number of hydrogen-bond acceptors (Lipinski definition) is 4. The number of aromatic nitrogens is 3. The van der Waals surface area contributed by atoms with Crippen molar-refractivity contribution in [2.75, 3.05) is 13.1 Å². The fraction of sp³-hybridized carbons (Fsp3) is 0.381. The molecule has 0 aliphatic carbocycles. The van der Waals surface area contributed by atoms with E-state index in [1.807, 2.05) is 49.1 Å². The summed E-state index contributed by atoms with van der Waals surface area (Å²) in [7, 11) is 1.67. The topological polar surface area (TPSA) is 73.3 Å². The van der Waals surface area contributed by atoms with Crippen LogP contribution in [-0.4, -0.2) is 38.2 Å². The van der Waals surface area contributed by atoms with E-state index in [2.05, 4.69) is 5.10 Å². The van der Waals surface area contributed by atoms with E-state index < -0.39 is 0 Å². The number of hydrogen-bond donors (Lipinski definition) is 0. The molecule has 0 unspecified atom stereocenters. The predicted molar refractivity (Wildman–Crippen MR) is 105 cm³/mol. The summed E-state index contributed by atoms with van der Waals surface area (Å²) in [6, 6.07) is 11.4. The highest BCUT2D eigenvalue weighted by molar-refractivity contribution is 5.95. The van der Waals surface area contributed by atoms with E-state index in [1.54, 1.807) is 17.7 Å². The summed E-state index contributed by atoms with van der Waals surface area (Å²) in [5.41, 5.74) is 1.30. The Labute approximate surface area is 163 Å². The molecule has 1 fully saturated rings. The molecule has 1 aromatic carbocycles. The molecule has 7 heteroatoms. The summed E-state index contributed by atoms with van der Waals surface area (Å²) in [6.07, 6.45) is 1.54. The van der Waals surface area contributed by atoms with Gasteiger partial charge in [-0.05, 0) is 44.9 Å². The third kappa shape index (κ3) is 3.17. The Bertz CT molecular complexity index is 1050. The fourth-order valence-electron chi connectivity index (χ4n) is 3.92. The molecule has 0 atom stereocenters. The summed E-state index contributed by atoms with van der Waals surface area (Å²) in [5.74, 6) is 2.31. The first-order valence-electron chi connectivity index (χ1n) is 9.53. The van der Waals surface area contributed by atoms with Crippen molar-refractivity contribution < 1.29 is 9.21 Å². The smallest absolute Gasteiger partial charge is 0.350 e. The van der Waals surface area contributed by atoms with Crippen LogP contribution in [0.2, 0.25) is 0 Å². The molecule has 1 amide bonds. The van der Waals surface area contributed by atoms with Crippen molar-refractivity contribution in [3.05, 3.63) is 69.8 Å². The molecule has 146 valence electrons. The van der Waals surface area contributed by atoms with Gasteiger partial charge < -0.3 is 9.32 Å². The first-order valence-corrected chi connectivity index (χ1v) is 9.53. The molecule has 2 aromatic heterocycles. The van der Waals surface area contributed by atoms with E-state index in [0.29, 0.717) is 24.4 Å². The maximum atomic E-state index is 12.8. The van der Waals surface area contributed by atoms with Crippen LogP contribution >= 0.6 is 0 Å². The summed E-state index contributed by atoms with van der Waals surface area (Å²) in [6.45, 7) is 4.93. The SMILES string of the molecule is Cc1cc(C(=O)N2CCC(c3nn(C)c(=O)n3-c3ccccc3)CC2)c(C)o1. The minimum absolute atomic E-state index is 0.00858. The number of carbonyl (C=O) groups is 1. The molecule has 0 radical (unpaired) electrons. The lowest BCUT2D eigenvalue weighted by molar-refractivity contribution is 0.0709. The van der Waals surface area contributed by atoms with Gasteiger partial charge >= 0.3 is 5.69 Å². The average Bonchev–Trinajstić information content (AvgIpc) is 3.20. The number of piperidine rings is 1. The number of amides is 1. The maximum Gasteiger partial charge on any atom is 0.350 e. The number of para-hydroxylation sites is 1. The van der Waals surface area contributed by atoms with Gasteiger partial charge in [0.1, 0.15) is 17.3 Å². The maximum absolute atomic E-state index is 12.8. The Hall–Kier alpha value is -3.09. The number of nitrogens with zero attached hydrogens (tertiary/aromatic N) is 4. The number of furan rings is 1. The van der Waals surface area contributed by atoms with E-state index in [0.717, 1.165) is 30.1 Å². The van der Waals surface area contributed by atoms with Crippen LogP contribution in [0.4, 0.5) is 0 Å². The number of carbonyl (C=O) groups excluding carboxylic acids is 1. The predicted octanol–water partition coefficient (Wildman–Crippen LogP) is 2.80. The molecule has 1 saturated heterocycles. The molecule has 3 aromatic rings. The van der Waals surface area contributed by atoms with Gasteiger partial charge in [0.05, 0.1) is 11.3 Å². The lowest BCUT2D eigenvalue weighted by Crippen LogP contribution is -2.38. The van der Waals surface area contributed by atoms with Gasteiger partial charge in [0.15, 0.2) is 0 Å². The minimum Gasteiger partial charge on any atom is -0.466 e. The van der Waals surface area contributed by atoms with Crippen LogP contribution in [0.25, 0.3) is 5.69 Å². The zero-order valence-corrected chi connectivity index (χ0v) is 16.4. The quantitative estimate of drug-likeness (QED) is 0.700. The van der Waals surface area contributed by atoms with Crippen molar-refractivity contribution in [3.63, 3.8) is 0 Å². The van der Waals surface area contributed by atoms with Crippen molar-refractivity contribution >= 4 is 5.91 Å². The van der Waals surface area contributed by atoms with Gasteiger partial charge in [0, 0.05) is 26.1 Å². The second-order valence-corrected chi connectivity index (χ2v) is 7.33. The Balaban J connectivity index is 1.55. The number of benzene rings is 1. The number of likely N-dealkylation sites (tertiary alicyclic amines) is 1. The molecule has 28 heavy (non-hydrogen) atoms. The average molecular weight is 380 g/mol. The van der Waals surface area contributed by atoms with E-state index in [4.69, 9.17) is 4.42 Å². The molecule has 1 aliphatic heterocycles. The zero-order chi connectivity index (χ0) is 19.8. The van der Waals surface area contributed by atoms with Crippen LogP contribution in [0.3, 0.4) is 0 Å². The van der Waals surface area contributed by atoms with E-state index in [1.165, 1.54) is 4.68 Å². The van der Waals surface area contributed by atoms with Crippen molar-refractivity contribution in [3.8, 4) is 5.69 Å². The van der Waals surface area contributed by atoms with Crippen molar-refractivity contribution in [2.45, 2.75) is 32.6 Å².